The zero-order chi connectivity index (χ0) is 19.3. The van der Waals surface area contributed by atoms with Crippen molar-refractivity contribution in [3.8, 4) is 11.1 Å². The van der Waals surface area contributed by atoms with Gasteiger partial charge in [-0.25, -0.2) is 4.52 Å². The third-order valence-electron chi connectivity index (χ3n) is 5.32. The van der Waals surface area contributed by atoms with E-state index >= 15 is 0 Å². The Kier molecular flexibility index (Phi) is 3.79. The van der Waals surface area contributed by atoms with Crippen LogP contribution in [0.25, 0.3) is 16.6 Å². The zero-order valence-electron chi connectivity index (χ0n) is 15.9. The van der Waals surface area contributed by atoms with Gasteiger partial charge in [0.1, 0.15) is 0 Å². The monoisotopic (exact) mass is 371 g/mol. The van der Waals surface area contributed by atoms with E-state index in [0.29, 0.717) is 11.6 Å². The highest BCUT2D eigenvalue weighted by atomic mass is 16.1. The summed E-state index contributed by atoms with van der Waals surface area (Å²) in [7, 11) is 0. The van der Waals surface area contributed by atoms with Crippen LogP contribution < -0.4 is 5.32 Å². The van der Waals surface area contributed by atoms with Crippen molar-refractivity contribution in [3.63, 3.8) is 0 Å². The summed E-state index contributed by atoms with van der Waals surface area (Å²) in [5.41, 5.74) is 6.52. The lowest BCUT2D eigenvalue weighted by Gasteiger charge is -2.12. The molecule has 4 aromatic rings. The Labute approximate surface area is 162 Å². The van der Waals surface area contributed by atoms with Gasteiger partial charge in [-0.15, -0.1) is 0 Å². The molecule has 1 aliphatic rings. The molecule has 3 heterocycles. The van der Waals surface area contributed by atoms with Gasteiger partial charge in [0.2, 0.25) is 0 Å². The quantitative estimate of drug-likeness (QED) is 0.578. The van der Waals surface area contributed by atoms with Crippen LogP contribution in [-0.4, -0.2) is 25.3 Å². The van der Waals surface area contributed by atoms with Gasteiger partial charge in [0, 0.05) is 23.6 Å². The van der Waals surface area contributed by atoms with E-state index in [0.717, 1.165) is 27.9 Å². The first kappa shape index (κ1) is 16.7. The average Bonchev–Trinajstić information content (AvgIpc) is 3.26. The summed E-state index contributed by atoms with van der Waals surface area (Å²) in [4.78, 5) is 12.9. The van der Waals surface area contributed by atoms with Crippen molar-refractivity contribution in [2.45, 2.75) is 32.7 Å². The molecule has 1 amide bonds. The lowest BCUT2D eigenvalue weighted by Crippen LogP contribution is -2.13. The summed E-state index contributed by atoms with van der Waals surface area (Å²) in [5.74, 6) is -0.159. The van der Waals surface area contributed by atoms with Gasteiger partial charge in [0.25, 0.3) is 5.91 Å². The topological polar surface area (TPSA) is 64.2 Å². The maximum Gasteiger partial charge on any atom is 0.259 e. The van der Waals surface area contributed by atoms with Crippen LogP contribution in [0.15, 0.2) is 55.1 Å². The van der Waals surface area contributed by atoms with E-state index in [1.54, 1.807) is 10.7 Å². The summed E-state index contributed by atoms with van der Waals surface area (Å²) in [6, 6.07) is 10.4. The summed E-state index contributed by atoms with van der Waals surface area (Å²) in [5, 5.41) is 11.8. The highest BCUT2D eigenvalue weighted by Crippen LogP contribution is 2.36. The van der Waals surface area contributed by atoms with Crippen molar-refractivity contribution in [2.75, 3.05) is 5.32 Å². The number of nitrogens with zero attached hydrogens (tertiary/aromatic N) is 4. The molecule has 0 spiro atoms. The Morgan fingerprint density at radius 2 is 1.96 bits per heavy atom. The first-order chi connectivity index (χ1) is 13.6. The van der Waals surface area contributed by atoms with Crippen LogP contribution in [0.3, 0.4) is 0 Å². The molecule has 1 saturated carbocycles. The second-order valence-corrected chi connectivity index (χ2v) is 7.47. The normalized spacial score (nSPS) is 13.8. The number of carbonyl (C=O) groups excluding carboxylic acids is 1. The number of fused-ring (bicyclic) bond motifs is 1. The number of carbonyl (C=O) groups is 1. The van der Waals surface area contributed by atoms with Gasteiger partial charge in [-0.05, 0) is 61.6 Å². The lowest BCUT2D eigenvalue weighted by molar-refractivity contribution is 0.102. The molecule has 1 aromatic carbocycles. The van der Waals surface area contributed by atoms with E-state index in [-0.39, 0.29) is 5.91 Å². The number of benzene rings is 1. The molecule has 0 bridgehead atoms. The molecule has 1 fully saturated rings. The van der Waals surface area contributed by atoms with Gasteiger partial charge in [0.05, 0.1) is 29.5 Å². The van der Waals surface area contributed by atoms with E-state index in [1.807, 2.05) is 48.3 Å². The minimum atomic E-state index is -0.159. The van der Waals surface area contributed by atoms with Crippen LogP contribution >= 0.6 is 0 Å². The van der Waals surface area contributed by atoms with Crippen molar-refractivity contribution in [1.29, 1.82) is 0 Å². The van der Waals surface area contributed by atoms with Crippen LogP contribution in [0.5, 0.6) is 0 Å². The predicted octanol–water partition coefficient (Wildman–Crippen LogP) is 4.40. The molecule has 6 nitrogen and oxygen atoms in total. The van der Waals surface area contributed by atoms with E-state index in [1.165, 1.54) is 18.4 Å². The number of pyridine rings is 1. The van der Waals surface area contributed by atoms with Gasteiger partial charge in [0.15, 0.2) is 0 Å². The highest BCUT2D eigenvalue weighted by molar-refractivity contribution is 6.09. The summed E-state index contributed by atoms with van der Waals surface area (Å²) in [6.45, 7) is 4.10. The second-order valence-electron chi connectivity index (χ2n) is 7.47. The molecule has 140 valence electrons. The summed E-state index contributed by atoms with van der Waals surface area (Å²) in [6.07, 6.45) is 9.86. The van der Waals surface area contributed by atoms with Crippen LogP contribution in [0, 0.1) is 13.8 Å². The molecular weight excluding hydrogens is 350 g/mol. The van der Waals surface area contributed by atoms with E-state index < -0.39 is 0 Å². The predicted molar refractivity (Wildman–Crippen MR) is 109 cm³/mol. The standard InChI is InChI=1S/C22H21N5O/c1-14-9-15(2)20(10-18(14)16-11-23-27(13-16)17-6-7-17)25-22(28)19-12-24-26-8-4-3-5-21(19)26/h3-5,8-13,17H,6-7H2,1-2H3,(H,25,28). The number of aryl methyl sites for hydroxylation is 2. The third kappa shape index (κ3) is 2.87. The second kappa shape index (κ2) is 6.34. The molecule has 0 unspecified atom stereocenters. The fourth-order valence-corrected chi connectivity index (χ4v) is 3.61. The Bertz CT molecular complexity index is 1200. The van der Waals surface area contributed by atoms with Crippen molar-refractivity contribution < 1.29 is 4.79 Å². The number of amides is 1. The number of anilines is 1. The average molecular weight is 371 g/mol. The highest BCUT2D eigenvalue weighted by Gasteiger charge is 2.24. The van der Waals surface area contributed by atoms with Crippen molar-refractivity contribution >= 4 is 17.1 Å². The first-order valence-electron chi connectivity index (χ1n) is 9.49. The molecule has 0 atom stereocenters. The number of rotatable bonds is 4. The number of nitrogens with one attached hydrogen (secondary N) is 1. The molecule has 5 rings (SSSR count). The van der Waals surface area contributed by atoms with Crippen LogP contribution in [0.1, 0.15) is 40.4 Å². The van der Waals surface area contributed by atoms with E-state index in [2.05, 4.69) is 34.7 Å². The third-order valence-corrected chi connectivity index (χ3v) is 5.32. The SMILES string of the molecule is Cc1cc(C)c(-c2cnn(C3CC3)c2)cc1NC(=O)c1cnn2ccccc12. The Hall–Kier alpha value is -3.41. The van der Waals surface area contributed by atoms with Crippen LogP contribution in [0.2, 0.25) is 0 Å². The van der Waals surface area contributed by atoms with Gasteiger partial charge in [-0.3, -0.25) is 9.48 Å². The molecule has 0 aliphatic heterocycles. The lowest BCUT2D eigenvalue weighted by atomic mass is 9.99. The number of aromatic nitrogens is 4. The Morgan fingerprint density at radius 3 is 2.79 bits per heavy atom. The largest absolute Gasteiger partial charge is 0.322 e. The molecule has 1 N–H and O–H groups in total. The van der Waals surface area contributed by atoms with Crippen LogP contribution in [-0.2, 0) is 0 Å². The maximum absolute atomic E-state index is 12.9. The van der Waals surface area contributed by atoms with Crippen molar-refractivity contribution in [3.05, 3.63) is 71.8 Å². The maximum atomic E-state index is 12.9. The van der Waals surface area contributed by atoms with Gasteiger partial charge < -0.3 is 5.32 Å². The summed E-state index contributed by atoms with van der Waals surface area (Å²) < 4.78 is 3.75. The van der Waals surface area contributed by atoms with Gasteiger partial charge >= 0.3 is 0 Å². The van der Waals surface area contributed by atoms with Gasteiger partial charge in [-0.2, -0.15) is 10.2 Å². The molecule has 3 aromatic heterocycles. The van der Waals surface area contributed by atoms with E-state index in [4.69, 9.17) is 0 Å². The molecule has 1 aliphatic carbocycles. The molecular formula is C22H21N5O. The van der Waals surface area contributed by atoms with Crippen LogP contribution in [0.4, 0.5) is 5.69 Å². The fourth-order valence-electron chi connectivity index (χ4n) is 3.61. The number of hydrogen-bond donors (Lipinski definition) is 1. The zero-order valence-corrected chi connectivity index (χ0v) is 15.9. The molecule has 0 radical (unpaired) electrons. The summed E-state index contributed by atoms with van der Waals surface area (Å²) >= 11 is 0. The minimum absolute atomic E-state index is 0.159. The minimum Gasteiger partial charge on any atom is -0.322 e. The van der Waals surface area contributed by atoms with Crippen molar-refractivity contribution in [1.82, 2.24) is 19.4 Å². The Balaban J connectivity index is 1.48. The molecule has 0 saturated heterocycles. The number of hydrogen-bond acceptors (Lipinski definition) is 3. The van der Waals surface area contributed by atoms with E-state index in [9.17, 15) is 4.79 Å². The van der Waals surface area contributed by atoms with Gasteiger partial charge in [-0.1, -0.05) is 12.1 Å². The molecule has 28 heavy (non-hydrogen) atoms. The molecule has 6 heteroatoms. The fraction of sp³-hybridized carbons (Fsp3) is 0.227. The van der Waals surface area contributed by atoms with Crippen molar-refractivity contribution in [2.24, 2.45) is 0 Å². The Morgan fingerprint density at radius 1 is 1.11 bits per heavy atom. The smallest absolute Gasteiger partial charge is 0.259 e. The first-order valence-corrected chi connectivity index (χ1v) is 9.49.